The van der Waals surface area contributed by atoms with Crippen molar-refractivity contribution in [3.05, 3.63) is 29.8 Å². The SMILES string of the molecule is N[C@H](c1ccc(SC(F)(F)F)cc1)[C@@H](O)C1CCC1. The van der Waals surface area contributed by atoms with Gasteiger partial charge in [0.05, 0.1) is 12.1 Å². The number of alkyl halides is 3. The number of benzene rings is 1. The minimum atomic E-state index is -4.28. The average Bonchev–Trinajstić information content (AvgIpc) is 2.24. The Labute approximate surface area is 114 Å². The topological polar surface area (TPSA) is 46.2 Å². The molecule has 2 nitrogen and oxygen atoms in total. The van der Waals surface area contributed by atoms with Crippen molar-refractivity contribution < 1.29 is 18.3 Å². The molecule has 1 saturated carbocycles. The van der Waals surface area contributed by atoms with Crippen LogP contribution in [0.25, 0.3) is 0 Å². The molecule has 0 aliphatic heterocycles. The van der Waals surface area contributed by atoms with E-state index in [2.05, 4.69) is 0 Å². The van der Waals surface area contributed by atoms with Gasteiger partial charge in [-0.05, 0) is 48.2 Å². The summed E-state index contributed by atoms with van der Waals surface area (Å²) in [6.45, 7) is 0. The number of halogens is 3. The number of thioether (sulfide) groups is 1. The minimum absolute atomic E-state index is 0.126. The van der Waals surface area contributed by atoms with Crippen LogP contribution in [-0.4, -0.2) is 16.7 Å². The second kappa shape index (κ2) is 5.73. The first kappa shape index (κ1) is 14.7. The molecule has 0 heterocycles. The van der Waals surface area contributed by atoms with Gasteiger partial charge in [-0.25, -0.2) is 0 Å². The van der Waals surface area contributed by atoms with Gasteiger partial charge < -0.3 is 10.8 Å². The highest BCUT2D eigenvalue weighted by Gasteiger charge is 2.31. The fraction of sp³-hybridized carbons (Fsp3) is 0.538. The maximum absolute atomic E-state index is 12.2. The summed E-state index contributed by atoms with van der Waals surface area (Å²) >= 11 is -0.152. The third kappa shape index (κ3) is 3.87. The average molecular weight is 291 g/mol. The Bertz CT molecular complexity index is 417. The monoisotopic (exact) mass is 291 g/mol. The van der Waals surface area contributed by atoms with Gasteiger partial charge in [-0.1, -0.05) is 18.6 Å². The van der Waals surface area contributed by atoms with E-state index in [9.17, 15) is 18.3 Å². The molecule has 1 fully saturated rings. The van der Waals surface area contributed by atoms with E-state index >= 15 is 0 Å². The number of aliphatic hydroxyl groups excluding tert-OH is 1. The van der Waals surface area contributed by atoms with Crippen molar-refractivity contribution in [2.24, 2.45) is 11.7 Å². The summed E-state index contributed by atoms with van der Waals surface area (Å²) in [5, 5.41) is 10.0. The zero-order valence-corrected chi connectivity index (χ0v) is 11.0. The van der Waals surface area contributed by atoms with Gasteiger partial charge >= 0.3 is 5.51 Å². The second-order valence-electron chi connectivity index (χ2n) is 4.82. The van der Waals surface area contributed by atoms with Crippen LogP contribution < -0.4 is 5.73 Å². The van der Waals surface area contributed by atoms with Crippen molar-refractivity contribution in [2.75, 3.05) is 0 Å². The van der Waals surface area contributed by atoms with Gasteiger partial charge in [0.1, 0.15) is 0 Å². The largest absolute Gasteiger partial charge is 0.446 e. The number of hydrogen-bond acceptors (Lipinski definition) is 3. The van der Waals surface area contributed by atoms with Gasteiger partial charge in [0.15, 0.2) is 0 Å². The summed E-state index contributed by atoms with van der Waals surface area (Å²) < 4.78 is 36.6. The molecule has 6 heteroatoms. The summed E-state index contributed by atoms with van der Waals surface area (Å²) in [6, 6.07) is 5.36. The lowest BCUT2D eigenvalue weighted by atomic mass is 9.77. The Hall–Kier alpha value is -0.720. The Morgan fingerprint density at radius 2 is 1.79 bits per heavy atom. The zero-order valence-electron chi connectivity index (χ0n) is 10.2. The first-order valence-electron chi connectivity index (χ1n) is 6.16. The number of nitrogens with two attached hydrogens (primary N) is 1. The molecule has 2 rings (SSSR count). The van der Waals surface area contributed by atoms with E-state index in [4.69, 9.17) is 5.73 Å². The van der Waals surface area contributed by atoms with Gasteiger partial charge in [-0.3, -0.25) is 0 Å². The highest BCUT2D eigenvalue weighted by molar-refractivity contribution is 8.00. The van der Waals surface area contributed by atoms with Crippen molar-refractivity contribution >= 4 is 11.8 Å². The van der Waals surface area contributed by atoms with E-state index in [1.165, 1.54) is 12.1 Å². The summed E-state index contributed by atoms with van der Waals surface area (Å²) in [5.41, 5.74) is 2.34. The summed E-state index contributed by atoms with van der Waals surface area (Å²) in [4.78, 5) is 0.126. The molecular formula is C13H16F3NOS. The third-order valence-electron chi connectivity index (χ3n) is 3.50. The van der Waals surface area contributed by atoms with Crippen molar-refractivity contribution in [1.29, 1.82) is 0 Å². The molecule has 1 aromatic rings. The Kier molecular flexibility index (Phi) is 4.43. The van der Waals surface area contributed by atoms with Crippen LogP contribution >= 0.6 is 11.8 Å². The van der Waals surface area contributed by atoms with Crippen LogP contribution in [0.5, 0.6) is 0 Å². The quantitative estimate of drug-likeness (QED) is 0.835. The minimum Gasteiger partial charge on any atom is -0.391 e. The summed E-state index contributed by atoms with van der Waals surface area (Å²) in [5.74, 6) is 0.222. The molecule has 1 aromatic carbocycles. The van der Waals surface area contributed by atoms with E-state index in [0.29, 0.717) is 5.56 Å². The number of rotatable bonds is 4. The molecule has 3 N–H and O–H groups in total. The van der Waals surface area contributed by atoms with Crippen LogP contribution in [0.1, 0.15) is 30.9 Å². The van der Waals surface area contributed by atoms with Crippen LogP contribution in [0.15, 0.2) is 29.2 Å². The molecule has 0 aromatic heterocycles. The van der Waals surface area contributed by atoms with Crippen LogP contribution in [0.4, 0.5) is 13.2 Å². The predicted molar refractivity (Wildman–Crippen MR) is 68.6 cm³/mol. The third-order valence-corrected chi connectivity index (χ3v) is 4.24. The molecule has 0 bridgehead atoms. The predicted octanol–water partition coefficient (Wildman–Crippen LogP) is 3.46. The van der Waals surface area contributed by atoms with Gasteiger partial charge in [-0.15, -0.1) is 0 Å². The van der Waals surface area contributed by atoms with Gasteiger partial charge in [0, 0.05) is 4.90 Å². The molecule has 2 atom stereocenters. The maximum Gasteiger partial charge on any atom is 0.446 e. The first-order chi connectivity index (χ1) is 8.87. The lowest BCUT2D eigenvalue weighted by Crippen LogP contribution is -2.36. The van der Waals surface area contributed by atoms with Crippen LogP contribution in [0.2, 0.25) is 0 Å². The van der Waals surface area contributed by atoms with Gasteiger partial charge in [0.25, 0.3) is 0 Å². The fourth-order valence-corrected chi connectivity index (χ4v) is 2.70. The number of hydrogen-bond donors (Lipinski definition) is 2. The second-order valence-corrected chi connectivity index (χ2v) is 5.96. The Balaban J connectivity index is 2.01. The Morgan fingerprint density at radius 1 is 1.21 bits per heavy atom. The van der Waals surface area contributed by atoms with Crippen LogP contribution in [0, 0.1) is 5.92 Å². The van der Waals surface area contributed by atoms with Crippen LogP contribution in [-0.2, 0) is 0 Å². The standard InChI is InChI=1S/C13H16F3NOS/c14-13(15,16)19-10-6-4-8(5-7-10)11(17)12(18)9-2-1-3-9/h4-7,9,11-12,18H,1-3,17H2/t11-,12+/m1/s1. The molecule has 0 saturated heterocycles. The molecule has 0 spiro atoms. The summed E-state index contributed by atoms with van der Waals surface area (Å²) in [7, 11) is 0. The van der Waals surface area contributed by atoms with Gasteiger partial charge in [-0.2, -0.15) is 13.2 Å². The highest BCUT2D eigenvalue weighted by atomic mass is 32.2. The maximum atomic E-state index is 12.2. The Morgan fingerprint density at radius 3 is 2.21 bits per heavy atom. The van der Waals surface area contributed by atoms with E-state index in [-0.39, 0.29) is 22.6 Å². The lowest BCUT2D eigenvalue weighted by molar-refractivity contribution is -0.0328. The lowest BCUT2D eigenvalue weighted by Gasteiger charge is -2.33. The van der Waals surface area contributed by atoms with E-state index in [1.807, 2.05) is 0 Å². The van der Waals surface area contributed by atoms with Gasteiger partial charge in [0.2, 0.25) is 0 Å². The molecular weight excluding hydrogens is 275 g/mol. The van der Waals surface area contributed by atoms with E-state index in [1.54, 1.807) is 12.1 Å². The molecule has 1 aliphatic rings. The number of aliphatic hydroxyl groups is 1. The fourth-order valence-electron chi connectivity index (χ4n) is 2.16. The smallest absolute Gasteiger partial charge is 0.391 e. The zero-order chi connectivity index (χ0) is 14.0. The van der Waals surface area contributed by atoms with Crippen molar-refractivity contribution in [3.63, 3.8) is 0 Å². The van der Waals surface area contributed by atoms with Crippen LogP contribution in [0.3, 0.4) is 0 Å². The van der Waals surface area contributed by atoms with E-state index < -0.39 is 17.7 Å². The van der Waals surface area contributed by atoms with Crippen molar-refractivity contribution in [1.82, 2.24) is 0 Å². The normalized spacial score (nSPS) is 19.8. The molecule has 0 unspecified atom stereocenters. The highest BCUT2D eigenvalue weighted by Crippen LogP contribution is 2.38. The summed E-state index contributed by atoms with van der Waals surface area (Å²) in [6.07, 6.45) is 2.43. The first-order valence-corrected chi connectivity index (χ1v) is 6.98. The molecule has 0 amide bonds. The molecule has 1 aliphatic carbocycles. The van der Waals surface area contributed by atoms with Crippen molar-refractivity contribution in [3.8, 4) is 0 Å². The molecule has 106 valence electrons. The van der Waals surface area contributed by atoms with Crippen molar-refractivity contribution in [2.45, 2.75) is 41.8 Å². The molecule has 0 radical (unpaired) electrons. The van der Waals surface area contributed by atoms with E-state index in [0.717, 1.165) is 19.3 Å². The molecule has 19 heavy (non-hydrogen) atoms.